The molecule has 2 heterocycles. The predicted molar refractivity (Wildman–Crippen MR) is 102 cm³/mol. The van der Waals surface area contributed by atoms with Crippen LogP contribution in [0.1, 0.15) is 18.2 Å². The number of nitrogens with two attached hydrogens (primary N) is 1. The number of tetrazole rings is 1. The molecule has 0 spiro atoms. The van der Waals surface area contributed by atoms with E-state index in [1.54, 1.807) is 30.3 Å². The van der Waals surface area contributed by atoms with Crippen LogP contribution in [0.5, 0.6) is 0 Å². The van der Waals surface area contributed by atoms with Gasteiger partial charge in [0.2, 0.25) is 15.8 Å². The van der Waals surface area contributed by atoms with E-state index in [-0.39, 0.29) is 23.8 Å². The molecule has 3 N–H and O–H groups in total. The summed E-state index contributed by atoms with van der Waals surface area (Å²) in [6, 6.07) is 9.50. The van der Waals surface area contributed by atoms with E-state index >= 15 is 0 Å². The Morgan fingerprint density at radius 1 is 1.29 bits per heavy atom. The summed E-state index contributed by atoms with van der Waals surface area (Å²) >= 11 is 3.12. The Hall–Kier alpha value is -2.28. The molecule has 12 heteroatoms. The Bertz CT molecular complexity index is 1120. The number of hydrogen-bond donors (Lipinski definition) is 2. The third kappa shape index (κ3) is 4.76. The molecule has 1 aromatic carbocycles. The molecule has 0 saturated heterocycles. The van der Waals surface area contributed by atoms with Crippen LogP contribution in [-0.2, 0) is 22.2 Å². The Morgan fingerprint density at radius 2 is 2.00 bits per heavy atom. The molecule has 3 aromatic rings. The molecular weight excluding hydrogens is 455 g/mol. The molecule has 0 aliphatic carbocycles. The molecule has 0 radical (unpaired) electrons. The Balaban J connectivity index is 1.87. The molecule has 0 fully saturated rings. The standard InChI is InChI=1S/C16H16BrFN6O3S/c1-16(25,9-28(19,26)27)13-7-3-6-12(20-13)15-21-23-24(22-15)8-10-4-2-5-11(17)14(10)18/h2-7,25H,8-9H2,1H3,(H2,19,26,27)/t16-/m0/s1. The van der Waals surface area contributed by atoms with Crippen LogP contribution in [0.4, 0.5) is 4.39 Å². The number of nitrogens with zero attached hydrogens (tertiary/aromatic N) is 5. The zero-order chi connectivity index (χ0) is 20.5. The summed E-state index contributed by atoms with van der Waals surface area (Å²) in [4.78, 5) is 5.43. The molecule has 148 valence electrons. The van der Waals surface area contributed by atoms with Crippen molar-refractivity contribution in [3.05, 3.63) is 57.9 Å². The van der Waals surface area contributed by atoms with Crippen molar-refractivity contribution in [1.29, 1.82) is 0 Å². The highest BCUT2D eigenvalue weighted by Crippen LogP contribution is 2.23. The molecule has 9 nitrogen and oxygen atoms in total. The lowest BCUT2D eigenvalue weighted by Crippen LogP contribution is -2.35. The number of aliphatic hydroxyl groups is 1. The van der Waals surface area contributed by atoms with Crippen LogP contribution in [0.25, 0.3) is 11.5 Å². The van der Waals surface area contributed by atoms with Crippen molar-refractivity contribution in [3.8, 4) is 11.5 Å². The number of pyridine rings is 1. The lowest BCUT2D eigenvalue weighted by atomic mass is 10.0. The summed E-state index contributed by atoms with van der Waals surface area (Å²) in [5, 5.41) is 27.4. The number of rotatable bonds is 6. The van der Waals surface area contributed by atoms with Gasteiger partial charge in [-0.15, -0.1) is 10.2 Å². The first-order chi connectivity index (χ1) is 13.0. The molecule has 0 saturated carbocycles. The Morgan fingerprint density at radius 3 is 2.71 bits per heavy atom. The van der Waals surface area contributed by atoms with Crippen molar-refractivity contribution in [2.24, 2.45) is 5.14 Å². The molecule has 0 bridgehead atoms. The largest absolute Gasteiger partial charge is 0.383 e. The lowest BCUT2D eigenvalue weighted by Gasteiger charge is -2.21. The first-order valence-corrected chi connectivity index (χ1v) is 10.5. The summed E-state index contributed by atoms with van der Waals surface area (Å²) in [6.45, 7) is 1.35. The summed E-state index contributed by atoms with van der Waals surface area (Å²) < 4.78 is 37.1. The maximum atomic E-state index is 14.1. The molecular formula is C16H16BrFN6O3S. The maximum Gasteiger partial charge on any atom is 0.223 e. The van der Waals surface area contributed by atoms with Crippen LogP contribution < -0.4 is 5.14 Å². The number of primary sulfonamides is 1. The molecule has 1 atom stereocenters. The van der Waals surface area contributed by atoms with E-state index in [9.17, 15) is 17.9 Å². The van der Waals surface area contributed by atoms with Gasteiger partial charge in [-0.05, 0) is 46.3 Å². The smallest absolute Gasteiger partial charge is 0.223 e. The number of benzene rings is 1. The molecule has 3 rings (SSSR count). The molecule has 28 heavy (non-hydrogen) atoms. The highest BCUT2D eigenvalue weighted by molar-refractivity contribution is 9.10. The van der Waals surface area contributed by atoms with Gasteiger partial charge in [0.05, 0.1) is 22.5 Å². The zero-order valence-electron chi connectivity index (χ0n) is 14.6. The first-order valence-electron chi connectivity index (χ1n) is 7.97. The second-order valence-corrected chi connectivity index (χ2v) is 8.81. The first kappa shape index (κ1) is 20.5. The molecule has 0 aliphatic heterocycles. The molecule has 2 aromatic heterocycles. The summed E-state index contributed by atoms with van der Waals surface area (Å²) in [5.41, 5.74) is -1.06. The zero-order valence-corrected chi connectivity index (χ0v) is 17.0. The fourth-order valence-electron chi connectivity index (χ4n) is 2.56. The molecule has 0 amide bonds. The summed E-state index contributed by atoms with van der Waals surface area (Å²) in [7, 11) is -3.92. The third-order valence-corrected chi connectivity index (χ3v) is 5.39. The second kappa shape index (κ2) is 7.62. The minimum Gasteiger partial charge on any atom is -0.383 e. The fourth-order valence-corrected chi connectivity index (χ4v) is 3.90. The fraction of sp³-hybridized carbons (Fsp3) is 0.250. The van der Waals surface area contributed by atoms with E-state index in [1.165, 1.54) is 17.8 Å². The van der Waals surface area contributed by atoms with Gasteiger partial charge in [-0.2, -0.15) is 4.80 Å². The normalized spacial score (nSPS) is 14.0. The van der Waals surface area contributed by atoms with Crippen molar-refractivity contribution in [1.82, 2.24) is 25.2 Å². The number of halogens is 2. The number of hydrogen-bond acceptors (Lipinski definition) is 7. The van der Waals surface area contributed by atoms with Gasteiger partial charge < -0.3 is 5.11 Å². The predicted octanol–water partition coefficient (Wildman–Crippen LogP) is 1.18. The number of sulfonamides is 1. The van der Waals surface area contributed by atoms with Crippen LogP contribution in [0, 0.1) is 5.82 Å². The Labute approximate surface area is 168 Å². The van der Waals surface area contributed by atoms with Crippen LogP contribution >= 0.6 is 15.9 Å². The van der Waals surface area contributed by atoms with Gasteiger partial charge in [-0.1, -0.05) is 18.2 Å². The van der Waals surface area contributed by atoms with Gasteiger partial charge in [-0.3, -0.25) is 0 Å². The van der Waals surface area contributed by atoms with Crippen molar-refractivity contribution >= 4 is 26.0 Å². The van der Waals surface area contributed by atoms with Gasteiger partial charge in [-0.25, -0.2) is 22.9 Å². The van der Waals surface area contributed by atoms with E-state index in [4.69, 9.17) is 5.14 Å². The van der Waals surface area contributed by atoms with Crippen LogP contribution in [-0.4, -0.2) is 44.5 Å². The van der Waals surface area contributed by atoms with E-state index in [0.717, 1.165) is 0 Å². The summed E-state index contributed by atoms with van der Waals surface area (Å²) in [5.74, 6) is -0.970. The highest BCUT2D eigenvalue weighted by Gasteiger charge is 2.30. The van der Waals surface area contributed by atoms with E-state index in [1.807, 2.05) is 0 Å². The van der Waals surface area contributed by atoms with Crippen molar-refractivity contribution in [3.63, 3.8) is 0 Å². The topological polar surface area (TPSA) is 137 Å². The minimum absolute atomic E-state index is 0.0566. The highest BCUT2D eigenvalue weighted by atomic mass is 79.9. The van der Waals surface area contributed by atoms with Crippen molar-refractivity contribution in [2.45, 2.75) is 19.1 Å². The maximum absolute atomic E-state index is 14.1. The number of aromatic nitrogens is 5. The monoisotopic (exact) mass is 470 g/mol. The van der Waals surface area contributed by atoms with Crippen LogP contribution in [0.3, 0.4) is 0 Å². The Kier molecular flexibility index (Phi) is 5.57. The second-order valence-electron chi connectivity index (χ2n) is 6.35. The van der Waals surface area contributed by atoms with Gasteiger partial charge >= 0.3 is 0 Å². The van der Waals surface area contributed by atoms with E-state index in [2.05, 4.69) is 36.3 Å². The average molecular weight is 471 g/mol. The van der Waals surface area contributed by atoms with Gasteiger partial charge in [0.25, 0.3) is 0 Å². The minimum atomic E-state index is -3.92. The van der Waals surface area contributed by atoms with Crippen LogP contribution in [0.15, 0.2) is 40.9 Å². The molecule has 0 unspecified atom stereocenters. The van der Waals surface area contributed by atoms with Crippen LogP contribution in [0.2, 0.25) is 0 Å². The average Bonchev–Trinajstić information content (AvgIpc) is 3.06. The lowest BCUT2D eigenvalue weighted by molar-refractivity contribution is 0.0773. The van der Waals surface area contributed by atoms with E-state index in [0.29, 0.717) is 10.0 Å². The van der Waals surface area contributed by atoms with Gasteiger partial charge in [0.1, 0.15) is 17.1 Å². The molecule has 0 aliphatic rings. The van der Waals surface area contributed by atoms with Gasteiger partial charge in [0.15, 0.2) is 0 Å². The van der Waals surface area contributed by atoms with Crippen molar-refractivity contribution < 1.29 is 17.9 Å². The van der Waals surface area contributed by atoms with Crippen molar-refractivity contribution in [2.75, 3.05) is 5.75 Å². The SMILES string of the molecule is C[C@](O)(CS(N)(=O)=O)c1cccc(-c2nnn(Cc3cccc(Br)c3F)n2)n1. The third-order valence-electron chi connectivity index (χ3n) is 3.81. The van der Waals surface area contributed by atoms with Gasteiger partial charge in [0, 0.05) is 5.56 Å². The van der Waals surface area contributed by atoms with E-state index < -0.39 is 27.2 Å². The summed E-state index contributed by atoms with van der Waals surface area (Å²) in [6.07, 6.45) is 0. The quantitative estimate of drug-likeness (QED) is 0.551.